The lowest BCUT2D eigenvalue weighted by Crippen LogP contribution is -2.32. The first-order valence-corrected chi connectivity index (χ1v) is 12.1. The van der Waals surface area contributed by atoms with Crippen LogP contribution in [-0.2, 0) is 14.8 Å². The molecule has 1 aliphatic heterocycles. The van der Waals surface area contributed by atoms with Gasteiger partial charge in [-0.25, -0.2) is 13.1 Å². The Morgan fingerprint density at radius 3 is 2.70 bits per heavy atom. The van der Waals surface area contributed by atoms with Gasteiger partial charge in [0.05, 0.1) is 31.3 Å². The van der Waals surface area contributed by atoms with E-state index < -0.39 is 16.1 Å². The van der Waals surface area contributed by atoms with E-state index in [9.17, 15) is 13.2 Å². The number of ether oxygens (including phenoxy) is 3. The van der Waals surface area contributed by atoms with Gasteiger partial charge in [0.25, 0.3) is 0 Å². The number of fused-ring (bicyclic) bond motifs is 2. The van der Waals surface area contributed by atoms with E-state index in [0.29, 0.717) is 41.8 Å². The topological polar surface area (TPSA) is 116 Å². The molecule has 0 saturated carbocycles. The van der Waals surface area contributed by atoms with Crippen LogP contribution in [0.5, 0.6) is 17.2 Å². The maximum absolute atomic E-state index is 12.6. The minimum absolute atomic E-state index is 0.0301. The second-order valence-corrected chi connectivity index (χ2v) is 9.39. The molecule has 4 rings (SSSR count). The lowest BCUT2D eigenvalue weighted by molar-refractivity contribution is -0.121. The fourth-order valence-corrected chi connectivity index (χ4v) is 4.56. The summed E-state index contributed by atoms with van der Waals surface area (Å²) < 4.78 is 49.9. The normalized spacial score (nSPS) is 14.5. The summed E-state index contributed by atoms with van der Waals surface area (Å²) in [6, 6.07) is 11.5. The van der Waals surface area contributed by atoms with Gasteiger partial charge in [0, 0.05) is 30.8 Å². The van der Waals surface area contributed by atoms with Crippen molar-refractivity contribution >= 4 is 26.9 Å². The SMILES string of the molecule is COc1cccc2cc(C(C)NC(=O)CCNS(=O)(=O)c3ccc4c(c3)OCCCO4)oc12. The van der Waals surface area contributed by atoms with Crippen molar-refractivity contribution < 1.29 is 31.8 Å². The number of carbonyl (C=O) groups excluding carboxylic acids is 1. The van der Waals surface area contributed by atoms with E-state index in [0.717, 1.165) is 11.8 Å². The van der Waals surface area contributed by atoms with Crippen LogP contribution < -0.4 is 24.2 Å². The summed E-state index contributed by atoms with van der Waals surface area (Å²) in [5.74, 6) is 1.79. The minimum Gasteiger partial charge on any atom is -0.493 e. The molecular weight excluding hydrogens is 448 g/mol. The highest BCUT2D eigenvalue weighted by Crippen LogP contribution is 2.32. The molecule has 3 aromatic rings. The summed E-state index contributed by atoms with van der Waals surface area (Å²) in [6.45, 7) is 2.72. The average Bonchev–Trinajstić information content (AvgIpc) is 3.10. The van der Waals surface area contributed by atoms with Gasteiger partial charge in [0.1, 0.15) is 5.76 Å². The van der Waals surface area contributed by atoms with Crippen molar-refractivity contribution in [2.45, 2.75) is 30.7 Å². The number of hydrogen-bond acceptors (Lipinski definition) is 7. The van der Waals surface area contributed by atoms with Crippen molar-refractivity contribution in [1.29, 1.82) is 0 Å². The predicted molar refractivity (Wildman–Crippen MR) is 121 cm³/mol. The molecule has 0 saturated heterocycles. The van der Waals surface area contributed by atoms with Gasteiger partial charge in [-0.05, 0) is 31.2 Å². The highest BCUT2D eigenvalue weighted by Gasteiger charge is 2.20. The molecule has 1 amide bonds. The van der Waals surface area contributed by atoms with Crippen molar-refractivity contribution in [3.8, 4) is 17.2 Å². The third kappa shape index (κ3) is 5.23. The van der Waals surface area contributed by atoms with Crippen LogP contribution in [-0.4, -0.2) is 41.2 Å². The molecular formula is C23H26N2O7S. The molecule has 10 heteroatoms. The summed E-state index contributed by atoms with van der Waals surface area (Å²) in [5.41, 5.74) is 0.610. The number of sulfonamides is 1. The molecule has 0 aliphatic carbocycles. The van der Waals surface area contributed by atoms with Crippen LogP contribution in [0.4, 0.5) is 0 Å². The first-order valence-electron chi connectivity index (χ1n) is 10.6. The third-order valence-electron chi connectivity index (χ3n) is 5.22. The molecule has 2 heterocycles. The van der Waals surface area contributed by atoms with Gasteiger partial charge in [-0.1, -0.05) is 12.1 Å². The molecule has 0 fully saturated rings. The molecule has 176 valence electrons. The summed E-state index contributed by atoms with van der Waals surface area (Å²) in [6.07, 6.45) is 0.696. The van der Waals surface area contributed by atoms with Crippen molar-refractivity contribution in [2.75, 3.05) is 26.9 Å². The number of carbonyl (C=O) groups is 1. The predicted octanol–water partition coefficient (Wildman–Crippen LogP) is 3.15. The summed E-state index contributed by atoms with van der Waals surface area (Å²) in [5, 5.41) is 3.69. The maximum Gasteiger partial charge on any atom is 0.240 e. The van der Waals surface area contributed by atoms with Crippen LogP contribution in [0.1, 0.15) is 31.6 Å². The van der Waals surface area contributed by atoms with E-state index >= 15 is 0 Å². The minimum atomic E-state index is -3.80. The summed E-state index contributed by atoms with van der Waals surface area (Å²) in [7, 11) is -2.24. The zero-order chi connectivity index (χ0) is 23.4. The first-order chi connectivity index (χ1) is 15.9. The highest BCUT2D eigenvalue weighted by molar-refractivity contribution is 7.89. The molecule has 33 heavy (non-hydrogen) atoms. The van der Waals surface area contributed by atoms with Crippen LogP contribution in [0.25, 0.3) is 11.0 Å². The van der Waals surface area contributed by atoms with Gasteiger partial charge in [-0.15, -0.1) is 0 Å². The van der Waals surface area contributed by atoms with Crippen LogP contribution >= 0.6 is 0 Å². The van der Waals surface area contributed by atoms with Gasteiger partial charge in [-0.3, -0.25) is 4.79 Å². The first kappa shape index (κ1) is 22.9. The Morgan fingerprint density at radius 1 is 1.12 bits per heavy atom. The Bertz CT molecular complexity index is 1250. The zero-order valence-electron chi connectivity index (χ0n) is 18.4. The maximum atomic E-state index is 12.6. The largest absolute Gasteiger partial charge is 0.493 e. The number of benzene rings is 2. The monoisotopic (exact) mass is 474 g/mol. The second kappa shape index (κ2) is 9.72. The lowest BCUT2D eigenvalue weighted by atomic mass is 10.2. The van der Waals surface area contributed by atoms with E-state index in [1.165, 1.54) is 12.1 Å². The zero-order valence-corrected chi connectivity index (χ0v) is 19.2. The van der Waals surface area contributed by atoms with E-state index in [-0.39, 0.29) is 23.8 Å². The van der Waals surface area contributed by atoms with Crippen LogP contribution in [0.2, 0.25) is 0 Å². The fourth-order valence-electron chi connectivity index (χ4n) is 3.51. The lowest BCUT2D eigenvalue weighted by Gasteiger charge is -2.13. The average molecular weight is 475 g/mol. The molecule has 2 N–H and O–H groups in total. The number of furan rings is 1. The molecule has 1 aromatic heterocycles. The molecule has 0 bridgehead atoms. The molecule has 0 spiro atoms. The number of hydrogen-bond donors (Lipinski definition) is 2. The van der Waals surface area contributed by atoms with Crippen LogP contribution in [0, 0.1) is 0 Å². The van der Waals surface area contributed by atoms with Crippen molar-refractivity contribution in [2.24, 2.45) is 0 Å². The molecule has 1 aliphatic rings. The van der Waals surface area contributed by atoms with E-state index in [4.69, 9.17) is 18.6 Å². The van der Waals surface area contributed by atoms with Gasteiger partial charge in [0.2, 0.25) is 15.9 Å². The summed E-state index contributed by atoms with van der Waals surface area (Å²) >= 11 is 0. The number of amides is 1. The Kier molecular flexibility index (Phi) is 6.75. The number of nitrogens with one attached hydrogen (secondary N) is 2. The summed E-state index contributed by atoms with van der Waals surface area (Å²) in [4.78, 5) is 12.4. The van der Waals surface area contributed by atoms with Crippen molar-refractivity contribution in [3.63, 3.8) is 0 Å². The number of rotatable bonds is 8. The molecule has 1 unspecified atom stereocenters. The highest BCUT2D eigenvalue weighted by atomic mass is 32.2. The molecule has 0 radical (unpaired) electrons. The quantitative estimate of drug-likeness (QED) is 0.515. The van der Waals surface area contributed by atoms with E-state index in [2.05, 4.69) is 10.0 Å². The van der Waals surface area contributed by atoms with Crippen molar-refractivity contribution in [1.82, 2.24) is 10.0 Å². The van der Waals surface area contributed by atoms with Gasteiger partial charge in [-0.2, -0.15) is 0 Å². The number of para-hydroxylation sites is 1. The third-order valence-corrected chi connectivity index (χ3v) is 6.68. The van der Waals surface area contributed by atoms with Gasteiger partial charge >= 0.3 is 0 Å². The van der Waals surface area contributed by atoms with Gasteiger partial charge in [0.15, 0.2) is 22.8 Å². The van der Waals surface area contributed by atoms with Crippen LogP contribution in [0.3, 0.4) is 0 Å². The fraction of sp³-hybridized carbons (Fsp3) is 0.348. The molecule has 1 atom stereocenters. The Morgan fingerprint density at radius 2 is 1.91 bits per heavy atom. The van der Waals surface area contributed by atoms with E-state index in [1.54, 1.807) is 26.2 Å². The Balaban J connectivity index is 1.33. The van der Waals surface area contributed by atoms with Gasteiger partial charge < -0.3 is 23.9 Å². The Hall–Kier alpha value is -3.24. The standard InChI is InChI=1S/C23H26N2O7S/c1-15(20-13-16-5-3-6-19(29-2)23(16)32-20)25-22(26)9-10-24-33(27,28)17-7-8-18-21(14-17)31-12-4-11-30-18/h3,5-8,13-15,24H,4,9-12H2,1-2H3,(H,25,26). The molecule has 9 nitrogen and oxygen atoms in total. The van der Waals surface area contributed by atoms with Crippen molar-refractivity contribution in [3.05, 3.63) is 48.2 Å². The Labute approximate surface area is 192 Å². The number of methoxy groups -OCH3 is 1. The second-order valence-electron chi connectivity index (χ2n) is 7.62. The van der Waals surface area contributed by atoms with Crippen LogP contribution in [0.15, 0.2) is 51.8 Å². The molecule has 2 aromatic carbocycles. The smallest absolute Gasteiger partial charge is 0.240 e. The van der Waals surface area contributed by atoms with E-state index in [1.807, 2.05) is 18.2 Å².